The quantitative estimate of drug-likeness (QED) is 0.784. The Kier molecular flexibility index (Phi) is 6.00. The van der Waals surface area contributed by atoms with Crippen LogP contribution in [-0.2, 0) is 11.2 Å². The van der Waals surface area contributed by atoms with Crippen LogP contribution in [0.1, 0.15) is 12.7 Å². The minimum absolute atomic E-state index is 0.166. The number of aromatic nitrogens is 4. The minimum atomic E-state index is -0.464. The van der Waals surface area contributed by atoms with Crippen LogP contribution in [0.5, 0.6) is 0 Å². The molecular weight excluding hydrogens is 363 g/mol. The van der Waals surface area contributed by atoms with E-state index in [0.29, 0.717) is 37.0 Å². The Morgan fingerprint density at radius 3 is 2.81 bits per heavy atom. The van der Waals surface area contributed by atoms with E-state index in [4.69, 9.17) is 16.3 Å². The van der Waals surface area contributed by atoms with Gasteiger partial charge in [0.15, 0.2) is 11.6 Å². The van der Waals surface area contributed by atoms with Crippen molar-refractivity contribution in [2.75, 3.05) is 39.3 Å². The zero-order valence-corrected chi connectivity index (χ0v) is 15.2. The van der Waals surface area contributed by atoms with Crippen LogP contribution in [0.4, 0.5) is 9.18 Å². The van der Waals surface area contributed by atoms with Crippen molar-refractivity contribution in [2.24, 2.45) is 0 Å². The number of carbonyl (C=O) groups is 1. The van der Waals surface area contributed by atoms with E-state index in [2.05, 4.69) is 20.3 Å². The number of amides is 1. The highest BCUT2D eigenvalue weighted by atomic mass is 35.5. The largest absolute Gasteiger partial charge is 0.450 e. The number of ether oxygens (including phenoxy) is 1. The van der Waals surface area contributed by atoms with Gasteiger partial charge >= 0.3 is 6.09 Å². The van der Waals surface area contributed by atoms with Crippen molar-refractivity contribution in [1.29, 1.82) is 0 Å². The van der Waals surface area contributed by atoms with Crippen LogP contribution in [0, 0.1) is 5.82 Å². The van der Waals surface area contributed by atoms with Crippen LogP contribution in [0.25, 0.3) is 5.69 Å². The van der Waals surface area contributed by atoms with Crippen LogP contribution in [0.15, 0.2) is 18.2 Å². The summed E-state index contributed by atoms with van der Waals surface area (Å²) in [5.41, 5.74) is 0.166. The van der Waals surface area contributed by atoms with Crippen molar-refractivity contribution in [3.63, 3.8) is 0 Å². The fourth-order valence-corrected chi connectivity index (χ4v) is 2.88. The third kappa shape index (κ3) is 4.47. The SMILES string of the molecule is CCOC(=O)N1CCN(CCc2nnn(-c3cc(Cl)ccc3F)n2)CC1. The molecular formula is C16H20ClFN6O2. The molecule has 26 heavy (non-hydrogen) atoms. The smallest absolute Gasteiger partial charge is 0.409 e. The molecule has 0 radical (unpaired) electrons. The van der Waals surface area contributed by atoms with E-state index in [1.165, 1.54) is 18.2 Å². The molecule has 0 unspecified atom stereocenters. The Labute approximate surface area is 155 Å². The lowest BCUT2D eigenvalue weighted by atomic mass is 10.3. The molecule has 1 fully saturated rings. The van der Waals surface area contributed by atoms with Crippen molar-refractivity contribution in [2.45, 2.75) is 13.3 Å². The number of piperazine rings is 1. The molecule has 140 valence electrons. The normalized spacial score (nSPS) is 15.3. The average molecular weight is 383 g/mol. The molecule has 1 aromatic carbocycles. The van der Waals surface area contributed by atoms with E-state index in [-0.39, 0.29) is 11.8 Å². The summed E-state index contributed by atoms with van der Waals surface area (Å²) in [6.45, 7) is 5.70. The number of carbonyl (C=O) groups excluding carboxylic acids is 1. The van der Waals surface area contributed by atoms with E-state index in [0.717, 1.165) is 24.4 Å². The Bertz CT molecular complexity index is 763. The third-order valence-electron chi connectivity index (χ3n) is 4.13. The van der Waals surface area contributed by atoms with Crippen LogP contribution >= 0.6 is 11.6 Å². The first-order chi connectivity index (χ1) is 12.6. The molecule has 0 spiro atoms. The number of halogens is 2. The monoisotopic (exact) mass is 382 g/mol. The van der Waals surface area contributed by atoms with Crippen LogP contribution < -0.4 is 0 Å². The highest BCUT2D eigenvalue weighted by Gasteiger charge is 2.22. The van der Waals surface area contributed by atoms with Gasteiger partial charge in [-0.2, -0.15) is 0 Å². The molecule has 10 heteroatoms. The summed E-state index contributed by atoms with van der Waals surface area (Å²) in [5, 5.41) is 12.5. The van der Waals surface area contributed by atoms with Gasteiger partial charge in [-0.1, -0.05) is 11.6 Å². The third-order valence-corrected chi connectivity index (χ3v) is 4.36. The molecule has 0 aliphatic carbocycles. The number of hydrogen-bond acceptors (Lipinski definition) is 6. The van der Waals surface area contributed by atoms with Gasteiger partial charge in [-0.3, -0.25) is 4.90 Å². The molecule has 1 aromatic heterocycles. The summed E-state index contributed by atoms with van der Waals surface area (Å²) in [6.07, 6.45) is 0.321. The maximum atomic E-state index is 13.9. The summed E-state index contributed by atoms with van der Waals surface area (Å²) in [4.78, 5) is 16.8. The topological polar surface area (TPSA) is 76.4 Å². The van der Waals surface area contributed by atoms with Crippen molar-refractivity contribution in [3.05, 3.63) is 34.9 Å². The lowest BCUT2D eigenvalue weighted by Gasteiger charge is -2.33. The molecule has 0 N–H and O–H groups in total. The van der Waals surface area contributed by atoms with Gasteiger partial charge in [-0.05, 0) is 30.3 Å². The molecule has 3 rings (SSSR count). The molecule has 1 amide bonds. The van der Waals surface area contributed by atoms with Crippen molar-refractivity contribution in [3.8, 4) is 5.69 Å². The molecule has 1 aliphatic heterocycles. The molecule has 0 bridgehead atoms. The molecule has 8 nitrogen and oxygen atoms in total. The van der Waals surface area contributed by atoms with Gasteiger partial charge < -0.3 is 9.64 Å². The average Bonchev–Trinajstić information content (AvgIpc) is 3.11. The highest BCUT2D eigenvalue weighted by molar-refractivity contribution is 6.30. The highest BCUT2D eigenvalue weighted by Crippen LogP contribution is 2.17. The van der Waals surface area contributed by atoms with Crippen LogP contribution in [0.3, 0.4) is 0 Å². The number of hydrogen-bond donors (Lipinski definition) is 0. The first-order valence-corrected chi connectivity index (χ1v) is 8.83. The maximum absolute atomic E-state index is 13.9. The summed E-state index contributed by atoms with van der Waals surface area (Å²) in [5.74, 6) is 0.0608. The molecule has 1 saturated heterocycles. The summed E-state index contributed by atoms with van der Waals surface area (Å²) < 4.78 is 18.9. The predicted octanol–water partition coefficient (Wildman–Crippen LogP) is 1.77. The second kappa shape index (κ2) is 8.41. The van der Waals surface area contributed by atoms with E-state index >= 15 is 0 Å². The molecule has 0 atom stereocenters. The molecule has 2 aromatic rings. The van der Waals surface area contributed by atoms with Crippen LogP contribution in [0.2, 0.25) is 5.02 Å². The lowest BCUT2D eigenvalue weighted by Crippen LogP contribution is -2.49. The molecule has 2 heterocycles. The van der Waals surface area contributed by atoms with Gasteiger partial charge in [0.25, 0.3) is 0 Å². The van der Waals surface area contributed by atoms with E-state index in [1.807, 2.05) is 0 Å². The van der Waals surface area contributed by atoms with Gasteiger partial charge in [0.2, 0.25) is 0 Å². The van der Waals surface area contributed by atoms with Crippen molar-refractivity contribution < 1.29 is 13.9 Å². The van der Waals surface area contributed by atoms with Gasteiger partial charge in [0, 0.05) is 44.2 Å². The maximum Gasteiger partial charge on any atom is 0.409 e. The van der Waals surface area contributed by atoms with Crippen molar-refractivity contribution in [1.82, 2.24) is 30.0 Å². The number of rotatable bonds is 5. The first-order valence-electron chi connectivity index (χ1n) is 8.45. The lowest BCUT2D eigenvalue weighted by molar-refractivity contribution is 0.0798. The summed E-state index contributed by atoms with van der Waals surface area (Å²) in [6, 6.07) is 4.19. The fraction of sp³-hybridized carbons (Fsp3) is 0.500. The molecule has 0 saturated carbocycles. The Hall–Kier alpha value is -2.26. The fourth-order valence-electron chi connectivity index (χ4n) is 2.71. The number of benzene rings is 1. The second-order valence-electron chi connectivity index (χ2n) is 5.87. The predicted molar refractivity (Wildman–Crippen MR) is 92.9 cm³/mol. The van der Waals surface area contributed by atoms with Gasteiger partial charge in [0.05, 0.1) is 6.61 Å². The summed E-state index contributed by atoms with van der Waals surface area (Å²) in [7, 11) is 0. The van der Waals surface area contributed by atoms with Crippen molar-refractivity contribution >= 4 is 17.7 Å². The molecule has 1 aliphatic rings. The Morgan fingerprint density at radius 1 is 1.31 bits per heavy atom. The Balaban J connectivity index is 1.52. The van der Waals surface area contributed by atoms with Gasteiger partial charge in [0.1, 0.15) is 5.69 Å². The number of nitrogens with zero attached hydrogens (tertiary/aromatic N) is 6. The zero-order valence-electron chi connectivity index (χ0n) is 14.4. The van der Waals surface area contributed by atoms with Gasteiger partial charge in [-0.15, -0.1) is 15.0 Å². The standard InChI is InChI=1S/C16H20ClFN6O2/c1-2-26-16(25)23-9-7-22(8-10-23)6-5-15-19-21-24(20-15)14-11-12(17)3-4-13(14)18/h3-4,11H,2,5-10H2,1H3. The van der Waals surface area contributed by atoms with Gasteiger partial charge in [-0.25, -0.2) is 9.18 Å². The van der Waals surface area contributed by atoms with E-state index in [1.54, 1.807) is 11.8 Å². The Morgan fingerprint density at radius 2 is 2.08 bits per heavy atom. The van der Waals surface area contributed by atoms with E-state index in [9.17, 15) is 9.18 Å². The minimum Gasteiger partial charge on any atom is -0.450 e. The van der Waals surface area contributed by atoms with Crippen LogP contribution in [-0.4, -0.2) is 75.4 Å². The van der Waals surface area contributed by atoms with E-state index < -0.39 is 5.82 Å². The first kappa shape index (κ1) is 18.5. The second-order valence-corrected chi connectivity index (χ2v) is 6.30. The zero-order chi connectivity index (χ0) is 18.5. The number of tetrazole rings is 1. The summed E-state index contributed by atoms with van der Waals surface area (Å²) >= 11 is 5.89.